The van der Waals surface area contributed by atoms with Crippen molar-refractivity contribution in [2.45, 2.75) is 25.8 Å². The molecule has 1 unspecified atom stereocenters. The van der Waals surface area contributed by atoms with Crippen LogP contribution in [0, 0.1) is 5.82 Å². The summed E-state index contributed by atoms with van der Waals surface area (Å²) in [6, 6.07) is 5.86. The largest absolute Gasteiger partial charge is 0.320 e. The van der Waals surface area contributed by atoms with Gasteiger partial charge in [-0.15, -0.1) is 11.3 Å². The van der Waals surface area contributed by atoms with E-state index >= 15 is 0 Å². The second-order valence-corrected chi connectivity index (χ2v) is 5.26. The van der Waals surface area contributed by atoms with E-state index < -0.39 is 6.04 Å². The minimum absolute atomic E-state index is 0.263. The molecule has 1 aromatic carbocycles. The van der Waals surface area contributed by atoms with Gasteiger partial charge in [-0.25, -0.2) is 9.37 Å². The van der Waals surface area contributed by atoms with Crippen LogP contribution in [0.25, 0.3) is 11.3 Å². The molecule has 3 N–H and O–H groups in total. The van der Waals surface area contributed by atoms with Crippen LogP contribution in [0.15, 0.2) is 29.6 Å². The summed E-state index contributed by atoms with van der Waals surface area (Å²) in [6.07, 6.45) is 1.46. The Hall–Kier alpha value is -1.79. The van der Waals surface area contributed by atoms with E-state index in [1.165, 1.54) is 17.4 Å². The second-order valence-electron chi connectivity index (χ2n) is 4.40. The summed E-state index contributed by atoms with van der Waals surface area (Å²) >= 11 is 1.25. The molecule has 0 radical (unpaired) electrons. The molecule has 0 aliphatic rings. The van der Waals surface area contributed by atoms with Crippen LogP contribution in [0.2, 0.25) is 0 Å². The SMILES string of the molecule is CCCC(N)C(=O)Nc1nc(-c2ccccc2F)cs1. The average Bonchev–Trinajstić information content (AvgIpc) is 2.87. The van der Waals surface area contributed by atoms with Crippen molar-refractivity contribution in [1.29, 1.82) is 0 Å². The monoisotopic (exact) mass is 293 g/mol. The quantitative estimate of drug-likeness (QED) is 0.890. The molecule has 0 fully saturated rings. The molecule has 1 amide bonds. The topological polar surface area (TPSA) is 68.0 Å². The normalized spacial score (nSPS) is 12.2. The van der Waals surface area contributed by atoms with Gasteiger partial charge in [-0.1, -0.05) is 25.5 Å². The third-order valence-corrected chi connectivity index (χ3v) is 3.58. The van der Waals surface area contributed by atoms with Gasteiger partial charge >= 0.3 is 0 Å². The van der Waals surface area contributed by atoms with Gasteiger partial charge in [0.05, 0.1) is 11.7 Å². The molecule has 1 atom stereocenters. The Kier molecular flexibility index (Phi) is 4.81. The first kappa shape index (κ1) is 14.6. The van der Waals surface area contributed by atoms with Crippen LogP contribution in [0.1, 0.15) is 19.8 Å². The predicted octanol–water partition coefficient (Wildman–Crippen LogP) is 3.02. The second kappa shape index (κ2) is 6.58. The highest BCUT2D eigenvalue weighted by Gasteiger charge is 2.15. The van der Waals surface area contributed by atoms with Gasteiger partial charge in [0.25, 0.3) is 0 Å². The van der Waals surface area contributed by atoms with E-state index in [9.17, 15) is 9.18 Å². The number of carbonyl (C=O) groups is 1. The summed E-state index contributed by atoms with van der Waals surface area (Å²) in [7, 11) is 0. The molecule has 1 heterocycles. The first-order valence-electron chi connectivity index (χ1n) is 6.38. The van der Waals surface area contributed by atoms with Crippen molar-refractivity contribution in [3.8, 4) is 11.3 Å². The van der Waals surface area contributed by atoms with Gasteiger partial charge in [0.15, 0.2) is 5.13 Å². The van der Waals surface area contributed by atoms with E-state index in [0.29, 0.717) is 22.8 Å². The number of hydrogen-bond acceptors (Lipinski definition) is 4. The van der Waals surface area contributed by atoms with Crippen molar-refractivity contribution in [1.82, 2.24) is 4.98 Å². The molecule has 0 saturated heterocycles. The number of aromatic nitrogens is 1. The average molecular weight is 293 g/mol. The number of halogens is 1. The first-order valence-corrected chi connectivity index (χ1v) is 7.26. The summed E-state index contributed by atoms with van der Waals surface area (Å²) in [5, 5.41) is 4.80. The van der Waals surface area contributed by atoms with Crippen LogP contribution in [0.5, 0.6) is 0 Å². The summed E-state index contributed by atoms with van der Waals surface area (Å²) in [6.45, 7) is 1.97. The zero-order valence-electron chi connectivity index (χ0n) is 11.1. The Morgan fingerprint density at radius 1 is 1.50 bits per heavy atom. The first-order chi connectivity index (χ1) is 9.61. The molecule has 4 nitrogen and oxygen atoms in total. The van der Waals surface area contributed by atoms with Gasteiger partial charge in [0.1, 0.15) is 5.82 Å². The molecule has 0 aliphatic carbocycles. The molecule has 20 heavy (non-hydrogen) atoms. The minimum atomic E-state index is -0.541. The van der Waals surface area contributed by atoms with E-state index in [0.717, 1.165) is 6.42 Å². The van der Waals surface area contributed by atoms with E-state index in [2.05, 4.69) is 10.3 Å². The lowest BCUT2D eigenvalue weighted by atomic mass is 10.1. The number of rotatable bonds is 5. The molecule has 0 aliphatic heterocycles. The molecular formula is C14H16FN3OS. The smallest absolute Gasteiger partial charge is 0.243 e. The zero-order chi connectivity index (χ0) is 14.5. The number of carbonyl (C=O) groups excluding carboxylic acids is 1. The van der Waals surface area contributed by atoms with Crippen molar-refractivity contribution in [3.63, 3.8) is 0 Å². The van der Waals surface area contributed by atoms with Gasteiger partial charge in [0, 0.05) is 10.9 Å². The molecule has 0 saturated carbocycles. The maximum Gasteiger partial charge on any atom is 0.243 e. The number of anilines is 1. The number of thiazole rings is 1. The van der Waals surface area contributed by atoms with Crippen LogP contribution in [-0.4, -0.2) is 16.9 Å². The zero-order valence-corrected chi connectivity index (χ0v) is 11.9. The molecule has 2 rings (SSSR count). The van der Waals surface area contributed by atoms with Gasteiger partial charge in [-0.3, -0.25) is 4.79 Å². The number of nitrogens with two attached hydrogens (primary N) is 1. The highest BCUT2D eigenvalue weighted by atomic mass is 32.1. The fourth-order valence-electron chi connectivity index (χ4n) is 1.76. The number of hydrogen-bond donors (Lipinski definition) is 2. The third kappa shape index (κ3) is 3.40. The van der Waals surface area contributed by atoms with Crippen LogP contribution in [0.4, 0.5) is 9.52 Å². The Labute approximate surface area is 120 Å². The van der Waals surface area contributed by atoms with Crippen LogP contribution in [0.3, 0.4) is 0 Å². The fraction of sp³-hybridized carbons (Fsp3) is 0.286. The number of nitrogens with zero attached hydrogens (tertiary/aromatic N) is 1. The van der Waals surface area contributed by atoms with Gasteiger partial charge in [0.2, 0.25) is 5.91 Å². The maximum absolute atomic E-state index is 13.6. The molecule has 0 bridgehead atoms. The molecular weight excluding hydrogens is 277 g/mol. The summed E-state index contributed by atoms with van der Waals surface area (Å²) in [5.74, 6) is -0.598. The fourth-order valence-corrected chi connectivity index (χ4v) is 2.48. The van der Waals surface area contributed by atoms with Crippen molar-refractivity contribution >= 4 is 22.4 Å². The number of nitrogens with one attached hydrogen (secondary N) is 1. The minimum Gasteiger partial charge on any atom is -0.320 e. The lowest BCUT2D eigenvalue weighted by molar-refractivity contribution is -0.117. The molecule has 0 spiro atoms. The van der Waals surface area contributed by atoms with E-state index in [1.54, 1.807) is 23.6 Å². The van der Waals surface area contributed by atoms with Gasteiger partial charge in [-0.05, 0) is 18.6 Å². The van der Waals surface area contributed by atoms with E-state index in [-0.39, 0.29) is 11.7 Å². The van der Waals surface area contributed by atoms with Crippen molar-refractivity contribution < 1.29 is 9.18 Å². The highest BCUT2D eigenvalue weighted by Crippen LogP contribution is 2.26. The summed E-state index contributed by atoms with van der Waals surface area (Å²) < 4.78 is 13.6. The molecule has 6 heteroatoms. The predicted molar refractivity (Wildman–Crippen MR) is 79.0 cm³/mol. The van der Waals surface area contributed by atoms with E-state index in [1.807, 2.05) is 6.92 Å². The Balaban J connectivity index is 2.10. The Morgan fingerprint density at radius 2 is 2.25 bits per heavy atom. The van der Waals surface area contributed by atoms with Crippen molar-refractivity contribution in [3.05, 3.63) is 35.5 Å². The third-order valence-electron chi connectivity index (χ3n) is 2.82. The molecule has 1 aromatic heterocycles. The number of amides is 1. The molecule has 2 aromatic rings. The Bertz CT molecular complexity index is 600. The lowest BCUT2D eigenvalue weighted by Crippen LogP contribution is -2.35. The Morgan fingerprint density at radius 3 is 2.95 bits per heavy atom. The maximum atomic E-state index is 13.6. The molecule has 106 valence electrons. The van der Waals surface area contributed by atoms with Crippen LogP contribution >= 0.6 is 11.3 Å². The summed E-state index contributed by atoms with van der Waals surface area (Å²) in [4.78, 5) is 16.0. The van der Waals surface area contributed by atoms with E-state index in [4.69, 9.17) is 5.73 Å². The number of benzene rings is 1. The van der Waals surface area contributed by atoms with Gasteiger partial charge in [-0.2, -0.15) is 0 Å². The standard InChI is InChI=1S/C14H16FN3OS/c1-2-5-11(16)13(19)18-14-17-12(8-20-14)9-6-3-4-7-10(9)15/h3-4,6-8,11H,2,5,16H2,1H3,(H,17,18,19). The highest BCUT2D eigenvalue weighted by molar-refractivity contribution is 7.14. The summed E-state index contributed by atoms with van der Waals surface area (Å²) in [5.41, 5.74) is 6.65. The van der Waals surface area contributed by atoms with Crippen molar-refractivity contribution in [2.75, 3.05) is 5.32 Å². The van der Waals surface area contributed by atoms with Crippen LogP contribution < -0.4 is 11.1 Å². The van der Waals surface area contributed by atoms with Gasteiger partial charge < -0.3 is 11.1 Å². The van der Waals surface area contributed by atoms with Crippen molar-refractivity contribution in [2.24, 2.45) is 5.73 Å². The lowest BCUT2D eigenvalue weighted by Gasteiger charge is -2.08. The van der Waals surface area contributed by atoms with Crippen LogP contribution in [-0.2, 0) is 4.79 Å².